The Morgan fingerprint density at radius 3 is 2.27 bits per heavy atom. The smallest absolute Gasteiger partial charge is 0.248 e. The second-order valence-corrected chi connectivity index (χ2v) is 4.25. The number of hydrogen-bond acceptors (Lipinski definition) is 1. The molecular weight excluding hydrogens is 198 g/mol. The monoisotopic (exact) mass is 220 g/mol. The van der Waals surface area contributed by atoms with Crippen molar-refractivity contribution in [1.29, 1.82) is 0 Å². The average Bonchev–Trinajstić information content (AvgIpc) is 2.14. The summed E-state index contributed by atoms with van der Waals surface area (Å²) < 4.78 is 26.3. The number of carbonyl (C=O) groups is 1. The van der Waals surface area contributed by atoms with E-state index in [1.807, 2.05) is 6.92 Å². The highest BCUT2D eigenvalue weighted by Gasteiger charge is 2.34. The van der Waals surface area contributed by atoms with Crippen LogP contribution < -0.4 is 0 Å². The summed E-state index contributed by atoms with van der Waals surface area (Å²) in [5.41, 5.74) is 0. The molecule has 1 nitrogen and oxygen atoms in total. The molecule has 0 rings (SSSR count). The van der Waals surface area contributed by atoms with E-state index < -0.39 is 11.8 Å². The van der Waals surface area contributed by atoms with E-state index in [4.69, 9.17) is 0 Å². The van der Waals surface area contributed by atoms with Crippen molar-refractivity contribution in [3.05, 3.63) is 0 Å². The molecule has 0 radical (unpaired) electrons. The minimum atomic E-state index is -2.72. The molecule has 0 aromatic rings. The lowest BCUT2D eigenvalue weighted by Gasteiger charge is -2.22. The van der Waals surface area contributed by atoms with Crippen molar-refractivity contribution in [3.8, 4) is 0 Å². The molecule has 0 spiro atoms. The van der Waals surface area contributed by atoms with Crippen molar-refractivity contribution in [3.63, 3.8) is 0 Å². The lowest BCUT2D eigenvalue weighted by Crippen LogP contribution is -2.26. The van der Waals surface area contributed by atoms with E-state index in [-0.39, 0.29) is 12.2 Å². The van der Waals surface area contributed by atoms with Gasteiger partial charge in [0, 0.05) is 18.8 Å². The van der Waals surface area contributed by atoms with Crippen LogP contribution in [-0.4, -0.2) is 11.7 Å². The highest BCUT2D eigenvalue weighted by Crippen LogP contribution is 2.31. The Morgan fingerprint density at radius 1 is 1.27 bits per heavy atom. The minimum absolute atomic E-state index is 0.0315. The Morgan fingerprint density at radius 2 is 1.87 bits per heavy atom. The van der Waals surface area contributed by atoms with Crippen LogP contribution in [0.1, 0.15) is 59.3 Å². The van der Waals surface area contributed by atoms with Crippen LogP contribution in [0.3, 0.4) is 0 Å². The number of ketones is 1. The quantitative estimate of drug-likeness (QED) is 0.560. The Balaban J connectivity index is 4.14. The average molecular weight is 220 g/mol. The van der Waals surface area contributed by atoms with Crippen LogP contribution in [0.4, 0.5) is 8.78 Å². The Hall–Kier alpha value is -0.470. The lowest BCUT2D eigenvalue weighted by molar-refractivity contribution is -0.124. The zero-order valence-electron chi connectivity index (χ0n) is 9.98. The van der Waals surface area contributed by atoms with Crippen LogP contribution in [0.15, 0.2) is 0 Å². The summed E-state index contributed by atoms with van der Waals surface area (Å²) in [5, 5.41) is 0. The van der Waals surface area contributed by atoms with E-state index in [0.717, 1.165) is 26.2 Å². The number of halogens is 2. The highest BCUT2D eigenvalue weighted by atomic mass is 19.3. The summed E-state index contributed by atoms with van der Waals surface area (Å²) >= 11 is 0. The SMILES string of the molecule is CCCCCC(CC(=O)CC)C(C)(F)F. The first-order valence-corrected chi connectivity index (χ1v) is 5.81. The number of Topliss-reactive ketones (excluding diaryl/α,β-unsaturated/α-hetero) is 1. The van der Waals surface area contributed by atoms with Crippen molar-refractivity contribution in [2.24, 2.45) is 5.92 Å². The molecule has 15 heavy (non-hydrogen) atoms. The summed E-state index contributed by atoms with van der Waals surface area (Å²) in [6.45, 7) is 4.68. The first kappa shape index (κ1) is 14.5. The van der Waals surface area contributed by atoms with E-state index in [9.17, 15) is 13.6 Å². The minimum Gasteiger partial charge on any atom is -0.300 e. The first-order chi connectivity index (χ1) is 6.91. The number of unbranched alkanes of at least 4 members (excludes halogenated alkanes) is 2. The molecule has 0 aromatic heterocycles. The van der Waals surface area contributed by atoms with Crippen LogP contribution in [0.2, 0.25) is 0 Å². The molecular formula is C12H22F2O. The van der Waals surface area contributed by atoms with Gasteiger partial charge in [-0.3, -0.25) is 4.79 Å². The number of rotatable bonds is 8. The molecule has 0 amide bonds. The van der Waals surface area contributed by atoms with Crippen LogP contribution in [0, 0.1) is 5.92 Å². The molecule has 0 saturated heterocycles. The fourth-order valence-electron chi connectivity index (χ4n) is 1.59. The van der Waals surface area contributed by atoms with Gasteiger partial charge in [-0.05, 0) is 13.3 Å². The zero-order chi connectivity index (χ0) is 11.9. The van der Waals surface area contributed by atoms with Gasteiger partial charge in [0.2, 0.25) is 5.92 Å². The second-order valence-electron chi connectivity index (χ2n) is 4.25. The molecule has 0 fully saturated rings. The van der Waals surface area contributed by atoms with Crippen molar-refractivity contribution in [1.82, 2.24) is 0 Å². The van der Waals surface area contributed by atoms with E-state index in [0.29, 0.717) is 12.8 Å². The number of carbonyl (C=O) groups excluding carboxylic acids is 1. The predicted octanol–water partition coefficient (Wildman–Crippen LogP) is 4.21. The Labute approximate surface area is 91.2 Å². The van der Waals surface area contributed by atoms with Crippen molar-refractivity contribution in [2.75, 3.05) is 0 Å². The molecule has 90 valence electrons. The lowest BCUT2D eigenvalue weighted by atomic mass is 9.90. The van der Waals surface area contributed by atoms with Crippen molar-refractivity contribution in [2.45, 2.75) is 65.2 Å². The fourth-order valence-corrected chi connectivity index (χ4v) is 1.59. The van der Waals surface area contributed by atoms with E-state index in [1.165, 1.54) is 0 Å². The maximum Gasteiger partial charge on any atom is 0.248 e. The van der Waals surface area contributed by atoms with Gasteiger partial charge in [0.15, 0.2) is 0 Å². The summed E-state index contributed by atoms with van der Waals surface area (Å²) in [4.78, 5) is 11.2. The second kappa shape index (κ2) is 6.91. The maximum atomic E-state index is 13.2. The molecule has 0 aliphatic carbocycles. The summed E-state index contributed by atoms with van der Waals surface area (Å²) in [7, 11) is 0. The molecule has 1 unspecified atom stereocenters. The van der Waals surface area contributed by atoms with Gasteiger partial charge in [-0.25, -0.2) is 8.78 Å². The molecule has 0 N–H and O–H groups in total. The zero-order valence-corrected chi connectivity index (χ0v) is 9.98. The van der Waals surface area contributed by atoms with Crippen molar-refractivity contribution >= 4 is 5.78 Å². The van der Waals surface area contributed by atoms with Gasteiger partial charge >= 0.3 is 0 Å². The van der Waals surface area contributed by atoms with Gasteiger partial charge in [-0.15, -0.1) is 0 Å². The van der Waals surface area contributed by atoms with Gasteiger partial charge in [0.05, 0.1) is 0 Å². The van der Waals surface area contributed by atoms with Crippen LogP contribution >= 0.6 is 0 Å². The van der Waals surface area contributed by atoms with Gasteiger partial charge < -0.3 is 0 Å². The third-order valence-corrected chi connectivity index (χ3v) is 2.74. The molecule has 0 aromatic carbocycles. The summed E-state index contributed by atoms with van der Waals surface area (Å²) in [6.07, 6.45) is 3.63. The fraction of sp³-hybridized carbons (Fsp3) is 0.917. The van der Waals surface area contributed by atoms with Gasteiger partial charge in [0.1, 0.15) is 5.78 Å². The number of hydrogen-bond donors (Lipinski definition) is 0. The van der Waals surface area contributed by atoms with Crippen LogP contribution in [0.25, 0.3) is 0 Å². The normalized spacial score (nSPS) is 13.9. The van der Waals surface area contributed by atoms with E-state index in [1.54, 1.807) is 6.92 Å². The molecule has 1 atom stereocenters. The van der Waals surface area contributed by atoms with Gasteiger partial charge in [-0.2, -0.15) is 0 Å². The Bertz CT molecular complexity index is 185. The summed E-state index contributed by atoms with van der Waals surface area (Å²) in [5.74, 6) is -3.55. The van der Waals surface area contributed by atoms with Crippen LogP contribution in [0.5, 0.6) is 0 Å². The molecule has 0 aliphatic rings. The predicted molar refractivity (Wildman–Crippen MR) is 58.2 cm³/mol. The summed E-state index contributed by atoms with van der Waals surface area (Å²) in [6, 6.07) is 0. The van der Waals surface area contributed by atoms with Gasteiger partial charge in [-0.1, -0.05) is 33.1 Å². The largest absolute Gasteiger partial charge is 0.300 e. The standard InChI is InChI=1S/C12H22F2O/c1-4-6-7-8-10(12(3,13)14)9-11(15)5-2/h10H,4-9H2,1-3H3. The Kier molecular flexibility index (Phi) is 6.70. The topological polar surface area (TPSA) is 17.1 Å². The van der Waals surface area contributed by atoms with E-state index >= 15 is 0 Å². The molecule has 0 saturated carbocycles. The molecule has 0 aliphatic heterocycles. The third kappa shape index (κ3) is 6.58. The number of alkyl halides is 2. The molecule has 3 heteroatoms. The van der Waals surface area contributed by atoms with E-state index in [2.05, 4.69) is 0 Å². The van der Waals surface area contributed by atoms with Crippen LogP contribution in [-0.2, 0) is 4.79 Å². The molecule has 0 bridgehead atoms. The first-order valence-electron chi connectivity index (χ1n) is 5.81. The maximum absolute atomic E-state index is 13.2. The third-order valence-electron chi connectivity index (χ3n) is 2.74. The van der Waals surface area contributed by atoms with Crippen molar-refractivity contribution < 1.29 is 13.6 Å². The highest BCUT2D eigenvalue weighted by molar-refractivity contribution is 5.78. The molecule has 0 heterocycles. The van der Waals surface area contributed by atoms with Gasteiger partial charge in [0.25, 0.3) is 0 Å².